The lowest BCUT2D eigenvalue weighted by Crippen LogP contribution is -2.43. The fourth-order valence-electron chi connectivity index (χ4n) is 2.07. The van der Waals surface area contributed by atoms with Crippen LogP contribution in [0.3, 0.4) is 0 Å². The molecule has 0 aliphatic rings. The SMILES string of the molecule is CCOC(=O)CNS(=O)[C@@H](CNC(=O)OC(C)(C)C)Cc1ccccc1. The molecule has 1 aromatic carbocycles. The van der Waals surface area contributed by atoms with Crippen LogP contribution in [0.5, 0.6) is 0 Å². The Hall–Kier alpha value is -1.93. The van der Waals surface area contributed by atoms with E-state index in [1.165, 1.54) is 0 Å². The van der Waals surface area contributed by atoms with Crippen molar-refractivity contribution in [3.05, 3.63) is 35.9 Å². The zero-order chi connectivity index (χ0) is 19.6. The van der Waals surface area contributed by atoms with E-state index < -0.39 is 33.9 Å². The first kappa shape index (κ1) is 22.1. The summed E-state index contributed by atoms with van der Waals surface area (Å²) in [6.07, 6.45) is -0.100. The normalized spacial score (nSPS) is 13.5. The summed E-state index contributed by atoms with van der Waals surface area (Å²) >= 11 is 0. The molecule has 1 rings (SSSR count). The molecule has 0 heterocycles. The van der Waals surface area contributed by atoms with Gasteiger partial charge in [-0.3, -0.25) is 4.79 Å². The van der Waals surface area contributed by atoms with E-state index in [4.69, 9.17) is 9.47 Å². The minimum absolute atomic E-state index is 0.145. The van der Waals surface area contributed by atoms with Gasteiger partial charge in [0.15, 0.2) is 0 Å². The van der Waals surface area contributed by atoms with Gasteiger partial charge < -0.3 is 14.8 Å². The smallest absolute Gasteiger partial charge is 0.407 e. The summed E-state index contributed by atoms with van der Waals surface area (Å²) in [6, 6.07) is 9.52. The van der Waals surface area contributed by atoms with Crippen molar-refractivity contribution >= 4 is 23.0 Å². The molecule has 1 amide bonds. The summed E-state index contributed by atoms with van der Waals surface area (Å²) in [5, 5.41) is 2.21. The quantitative estimate of drug-likeness (QED) is 0.635. The van der Waals surface area contributed by atoms with Crippen molar-refractivity contribution in [1.29, 1.82) is 0 Å². The number of hydrogen-bond donors (Lipinski definition) is 2. The maximum absolute atomic E-state index is 12.6. The third-order valence-corrected chi connectivity index (χ3v) is 4.51. The fraction of sp³-hybridized carbons (Fsp3) is 0.556. The maximum Gasteiger partial charge on any atom is 0.407 e. The Balaban J connectivity index is 2.67. The van der Waals surface area contributed by atoms with Crippen LogP contribution in [0.1, 0.15) is 33.3 Å². The van der Waals surface area contributed by atoms with Crippen molar-refractivity contribution in [2.24, 2.45) is 0 Å². The molecule has 0 spiro atoms. The third kappa shape index (κ3) is 9.53. The van der Waals surface area contributed by atoms with Crippen LogP contribution in [0, 0.1) is 0 Å². The van der Waals surface area contributed by atoms with Gasteiger partial charge in [0.2, 0.25) is 0 Å². The number of alkyl carbamates (subject to hydrolysis) is 1. The summed E-state index contributed by atoms with van der Waals surface area (Å²) in [4.78, 5) is 23.3. The maximum atomic E-state index is 12.6. The van der Waals surface area contributed by atoms with Crippen molar-refractivity contribution in [3.63, 3.8) is 0 Å². The first-order valence-electron chi connectivity index (χ1n) is 8.51. The second-order valence-corrected chi connectivity index (χ2v) is 8.17. The Kier molecular flexibility index (Phi) is 9.29. The molecule has 0 bridgehead atoms. The Morgan fingerprint density at radius 2 is 1.85 bits per heavy atom. The Morgan fingerprint density at radius 1 is 1.19 bits per heavy atom. The number of rotatable bonds is 9. The molecule has 2 atom stereocenters. The third-order valence-electron chi connectivity index (χ3n) is 3.15. The number of ether oxygens (including phenoxy) is 2. The predicted molar refractivity (Wildman–Crippen MR) is 101 cm³/mol. The van der Waals surface area contributed by atoms with Crippen molar-refractivity contribution in [1.82, 2.24) is 10.0 Å². The average molecular weight is 384 g/mol. The average Bonchev–Trinajstić information content (AvgIpc) is 2.56. The number of esters is 1. The van der Waals surface area contributed by atoms with Crippen molar-refractivity contribution in [2.45, 2.75) is 45.0 Å². The number of benzene rings is 1. The largest absolute Gasteiger partial charge is 0.465 e. The van der Waals surface area contributed by atoms with E-state index in [-0.39, 0.29) is 19.7 Å². The van der Waals surface area contributed by atoms with E-state index in [9.17, 15) is 13.8 Å². The van der Waals surface area contributed by atoms with E-state index >= 15 is 0 Å². The Bertz CT molecular complexity index is 601. The number of hydrogen-bond acceptors (Lipinski definition) is 5. The van der Waals surface area contributed by atoms with E-state index in [2.05, 4.69) is 10.0 Å². The highest BCUT2D eigenvalue weighted by molar-refractivity contribution is 7.83. The second kappa shape index (κ2) is 10.9. The molecule has 0 saturated heterocycles. The van der Waals surface area contributed by atoms with Gasteiger partial charge in [0.1, 0.15) is 12.1 Å². The van der Waals surface area contributed by atoms with E-state index in [0.717, 1.165) is 5.56 Å². The summed E-state index contributed by atoms with van der Waals surface area (Å²) in [5.74, 6) is -0.473. The molecule has 0 aliphatic heterocycles. The molecule has 1 aromatic rings. The number of amides is 1. The molecular weight excluding hydrogens is 356 g/mol. The van der Waals surface area contributed by atoms with Crippen LogP contribution in [0.25, 0.3) is 0 Å². The van der Waals surface area contributed by atoms with Crippen LogP contribution in [-0.2, 0) is 31.7 Å². The van der Waals surface area contributed by atoms with Gasteiger partial charge in [-0.1, -0.05) is 30.3 Å². The van der Waals surface area contributed by atoms with Crippen molar-refractivity contribution in [2.75, 3.05) is 19.7 Å². The second-order valence-electron chi connectivity index (χ2n) is 6.62. The molecule has 146 valence electrons. The highest BCUT2D eigenvalue weighted by atomic mass is 32.2. The van der Waals surface area contributed by atoms with Crippen molar-refractivity contribution < 1.29 is 23.3 Å². The monoisotopic (exact) mass is 384 g/mol. The topological polar surface area (TPSA) is 93.7 Å². The van der Waals surface area contributed by atoms with Crippen LogP contribution >= 0.6 is 0 Å². The van der Waals surface area contributed by atoms with E-state index in [1.807, 2.05) is 30.3 Å². The molecule has 0 aliphatic carbocycles. The van der Waals surface area contributed by atoms with Gasteiger partial charge >= 0.3 is 12.1 Å². The molecule has 0 radical (unpaired) electrons. The van der Waals surface area contributed by atoms with Crippen LogP contribution in [0.4, 0.5) is 4.79 Å². The molecule has 0 fully saturated rings. The molecule has 8 heteroatoms. The van der Waals surface area contributed by atoms with E-state index in [1.54, 1.807) is 27.7 Å². The minimum atomic E-state index is -1.54. The Morgan fingerprint density at radius 3 is 2.42 bits per heavy atom. The molecule has 0 saturated carbocycles. The van der Waals surface area contributed by atoms with Gasteiger partial charge in [-0.15, -0.1) is 0 Å². The molecule has 0 aromatic heterocycles. The van der Waals surface area contributed by atoms with Gasteiger partial charge in [0.25, 0.3) is 0 Å². The van der Waals surface area contributed by atoms with Crippen molar-refractivity contribution in [3.8, 4) is 0 Å². The fourth-order valence-corrected chi connectivity index (χ4v) is 3.15. The first-order chi connectivity index (χ1) is 12.2. The predicted octanol–water partition coefficient (Wildman–Crippen LogP) is 1.94. The highest BCUT2D eigenvalue weighted by Gasteiger charge is 2.22. The highest BCUT2D eigenvalue weighted by Crippen LogP contribution is 2.09. The Labute approximate surface area is 157 Å². The standard InChI is InChI=1S/C18H28N2O5S/c1-5-24-16(21)13-20-26(23)15(11-14-9-7-6-8-10-14)12-19-17(22)25-18(2,3)4/h6-10,15,20H,5,11-13H2,1-4H3,(H,19,22)/t15-,26?/m1/s1. The van der Waals surface area contributed by atoms with Gasteiger partial charge in [0, 0.05) is 6.54 Å². The number of nitrogens with one attached hydrogen (secondary N) is 2. The zero-order valence-electron chi connectivity index (χ0n) is 15.7. The lowest BCUT2D eigenvalue weighted by molar-refractivity contribution is -0.141. The summed E-state index contributed by atoms with van der Waals surface area (Å²) in [7, 11) is -1.54. The molecular formula is C18H28N2O5S. The lowest BCUT2D eigenvalue weighted by Gasteiger charge is -2.22. The van der Waals surface area contributed by atoms with Crippen LogP contribution in [0.15, 0.2) is 30.3 Å². The minimum Gasteiger partial charge on any atom is -0.465 e. The lowest BCUT2D eigenvalue weighted by atomic mass is 10.1. The van der Waals surface area contributed by atoms with Crippen LogP contribution in [-0.4, -0.2) is 46.8 Å². The molecule has 1 unspecified atom stereocenters. The van der Waals surface area contributed by atoms with Gasteiger partial charge in [-0.2, -0.15) is 0 Å². The molecule has 2 N–H and O–H groups in total. The number of carbonyl (C=O) groups is 2. The summed E-state index contributed by atoms with van der Waals surface area (Å²) in [6.45, 7) is 7.27. The van der Waals surface area contributed by atoms with Gasteiger partial charge in [-0.05, 0) is 39.7 Å². The van der Waals surface area contributed by atoms with Crippen LogP contribution in [0.2, 0.25) is 0 Å². The first-order valence-corrected chi connectivity index (χ1v) is 9.73. The van der Waals surface area contributed by atoms with Crippen LogP contribution < -0.4 is 10.0 Å². The zero-order valence-corrected chi connectivity index (χ0v) is 16.6. The summed E-state index contributed by atoms with van der Waals surface area (Å²) in [5.41, 5.74) is 0.370. The van der Waals surface area contributed by atoms with E-state index in [0.29, 0.717) is 6.42 Å². The summed E-state index contributed by atoms with van der Waals surface area (Å²) < 4.78 is 25.2. The number of carbonyl (C=O) groups excluding carboxylic acids is 2. The molecule has 7 nitrogen and oxygen atoms in total. The van der Waals surface area contributed by atoms with Gasteiger partial charge in [0.05, 0.1) is 22.8 Å². The van der Waals surface area contributed by atoms with Gasteiger partial charge in [-0.25, -0.2) is 13.7 Å². The molecule has 26 heavy (non-hydrogen) atoms.